The number of likely N-dealkylation sites (tertiary alicyclic amines) is 2. The molecule has 1 aromatic carbocycles. The lowest BCUT2D eigenvalue weighted by Crippen LogP contribution is -2.53. The molecule has 46 heavy (non-hydrogen) atoms. The Kier molecular flexibility index (Phi) is 8.14. The molecule has 12 heteroatoms. The molecule has 0 aliphatic carbocycles. The second-order valence-corrected chi connectivity index (χ2v) is 13.1. The molecule has 1 N–H and O–H groups in total. The van der Waals surface area contributed by atoms with Gasteiger partial charge in [-0.25, -0.2) is 15.0 Å². The number of piperidine rings is 2. The Morgan fingerprint density at radius 1 is 0.913 bits per heavy atom. The van der Waals surface area contributed by atoms with E-state index in [1.807, 2.05) is 52.3 Å². The van der Waals surface area contributed by atoms with Gasteiger partial charge in [-0.2, -0.15) is 0 Å². The standard InChI is InChI=1S/C34H33N7O4S/c42-31(39-17-11-34(45,12-18-39)21-41-22-38-27-7-4-13-36-29(27)33(41)44)25-10-16-40(20-26(25)23-5-2-1-3-6-23)32(43)28-19-37-30(46-28)24-8-14-35-15-9-24/h1-9,13-15,19,22,25-26,45H,10-12,16-18,20-21H2/t25-,26+/m0/s1. The number of hydrogen-bond donors (Lipinski definition) is 1. The van der Waals surface area contributed by atoms with E-state index in [0.717, 1.165) is 16.1 Å². The lowest BCUT2D eigenvalue weighted by molar-refractivity contribution is -0.142. The van der Waals surface area contributed by atoms with Crippen LogP contribution in [0.3, 0.4) is 0 Å². The first-order chi connectivity index (χ1) is 22.4. The third-order valence-electron chi connectivity index (χ3n) is 9.15. The van der Waals surface area contributed by atoms with E-state index in [4.69, 9.17) is 0 Å². The van der Waals surface area contributed by atoms with Crippen molar-refractivity contribution in [3.8, 4) is 10.6 Å². The monoisotopic (exact) mass is 635 g/mol. The van der Waals surface area contributed by atoms with E-state index in [0.29, 0.717) is 55.8 Å². The first kappa shape index (κ1) is 29.9. The summed E-state index contributed by atoms with van der Waals surface area (Å²) < 4.78 is 1.41. The van der Waals surface area contributed by atoms with Crippen molar-refractivity contribution >= 4 is 34.2 Å². The molecular weight excluding hydrogens is 602 g/mol. The zero-order valence-electron chi connectivity index (χ0n) is 25.1. The number of rotatable bonds is 6. The molecule has 7 rings (SSSR count). The Morgan fingerprint density at radius 3 is 2.48 bits per heavy atom. The van der Waals surface area contributed by atoms with Gasteiger partial charge in [0, 0.05) is 62.2 Å². The van der Waals surface area contributed by atoms with Gasteiger partial charge in [0.25, 0.3) is 11.5 Å². The summed E-state index contributed by atoms with van der Waals surface area (Å²) in [4.78, 5) is 61.9. The molecule has 0 bridgehead atoms. The zero-order chi connectivity index (χ0) is 31.7. The van der Waals surface area contributed by atoms with Gasteiger partial charge >= 0.3 is 0 Å². The van der Waals surface area contributed by atoms with Gasteiger partial charge in [0.1, 0.15) is 9.88 Å². The van der Waals surface area contributed by atoms with Gasteiger partial charge in [0.05, 0.1) is 30.2 Å². The van der Waals surface area contributed by atoms with E-state index in [9.17, 15) is 19.5 Å². The van der Waals surface area contributed by atoms with E-state index in [2.05, 4.69) is 19.9 Å². The van der Waals surface area contributed by atoms with Crippen LogP contribution in [0.1, 0.15) is 40.4 Å². The van der Waals surface area contributed by atoms with Gasteiger partial charge in [-0.3, -0.25) is 23.9 Å². The summed E-state index contributed by atoms with van der Waals surface area (Å²) >= 11 is 1.36. The van der Waals surface area contributed by atoms with Crippen molar-refractivity contribution in [2.24, 2.45) is 5.92 Å². The van der Waals surface area contributed by atoms with Crippen molar-refractivity contribution in [2.45, 2.75) is 37.3 Å². The second-order valence-electron chi connectivity index (χ2n) is 12.0. The third kappa shape index (κ3) is 5.93. The normalized spacial score (nSPS) is 19.7. The number of fused-ring (bicyclic) bond motifs is 1. The minimum Gasteiger partial charge on any atom is -0.388 e. The molecule has 5 aromatic rings. The number of carbonyl (C=O) groups is 2. The fourth-order valence-electron chi connectivity index (χ4n) is 6.58. The SMILES string of the molecule is O=C(c1cnc(-c2ccncc2)s1)N1CC[C@H](C(=O)N2CCC(O)(Cn3cnc4cccnc4c3=O)CC2)[C@@H](c2ccccc2)C1. The molecule has 11 nitrogen and oxygen atoms in total. The first-order valence-corrected chi connectivity index (χ1v) is 16.2. The summed E-state index contributed by atoms with van der Waals surface area (Å²) in [5.74, 6) is -0.518. The van der Waals surface area contributed by atoms with Gasteiger partial charge in [-0.1, -0.05) is 30.3 Å². The summed E-state index contributed by atoms with van der Waals surface area (Å²) in [7, 11) is 0. The average Bonchev–Trinajstić information content (AvgIpc) is 3.60. The van der Waals surface area contributed by atoms with E-state index >= 15 is 0 Å². The summed E-state index contributed by atoms with van der Waals surface area (Å²) in [6.45, 7) is 1.72. The number of pyridine rings is 2. The summed E-state index contributed by atoms with van der Waals surface area (Å²) in [6, 6.07) is 17.1. The lowest BCUT2D eigenvalue weighted by Gasteiger charge is -2.43. The molecule has 2 amide bonds. The number of hydrogen-bond acceptors (Lipinski definition) is 9. The van der Waals surface area contributed by atoms with Crippen LogP contribution in [0, 0.1) is 5.92 Å². The minimum atomic E-state index is -1.15. The molecule has 0 saturated carbocycles. The molecule has 2 atom stereocenters. The number of benzene rings is 1. The quantitative estimate of drug-likeness (QED) is 0.299. The fourth-order valence-corrected chi connectivity index (χ4v) is 7.47. The maximum absolute atomic E-state index is 14.1. The molecule has 0 spiro atoms. The maximum Gasteiger partial charge on any atom is 0.279 e. The minimum absolute atomic E-state index is 0.0366. The summed E-state index contributed by atoms with van der Waals surface area (Å²) in [6.07, 6.45) is 9.25. The van der Waals surface area contributed by atoms with E-state index < -0.39 is 5.60 Å². The van der Waals surface area contributed by atoms with Crippen LogP contribution in [0.15, 0.2) is 90.5 Å². The molecule has 2 fully saturated rings. The van der Waals surface area contributed by atoms with E-state index in [1.165, 1.54) is 22.2 Å². The van der Waals surface area contributed by atoms with Gasteiger partial charge in [-0.05, 0) is 49.1 Å². The van der Waals surface area contributed by atoms with E-state index in [1.54, 1.807) is 36.9 Å². The fraction of sp³-hybridized carbons (Fsp3) is 0.324. The van der Waals surface area contributed by atoms with Crippen LogP contribution >= 0.6 is 11.3 Å². The Morgan fingerprint density at radius 2 is 1.70 bits per heavy atom. The summed E-state index contributed by atoms with van der Waals surface area (Å²) in [5.41, 5.74) is 1.27. The Bertz CT molecular complexity index is 1920. The van der Waals surface area contributed by atoms with Gasteiger partial charge < -0.3 is 14.9 Å². The van der Waals surface area contributed by atoms with Crippen molar-refractivity contribution in [1.29, 1.82) is 0 Å². The molecule has 234 valence electrons. The van der Waals surface area contributed by atoms with Crippen LogP contribution in [-0.2, 0) is 11.3 Å². The molecule has 2 aliphatic rings. The highest BCUT2D eigenvalue weighted by molar-refractivity contribution is 7.16. The number of nitrogens with zero attached hydrogens (tertiary/aromatic N) is 7. The third-order valence-corrected chi connectivity index (χ3v) is 10.2. The second kappa shape index (κ2) is 12.5. The predicted molar refractivity (Wildman–Crippen MR) is 173 cm³/mol. The highest BCUT2D eigenvalue weighted by atomic mass is 32.1. The van der Waals surface area contributed by atoms with Crippen molar-refractivity contribution in [2.75, 3.05) is 26.2 Å². The molecule has 0 radical (unpaired) electrons. The van der Waals surface area contributed by atoms with Crippen LogP contribution in [0.2, 0.25) is 0 Å². The van der Waals surface area contributed by atoms with Crippen molar-refractivity contribution in [3.63, 3.8) is 0 Å². The smallest absolute Gasteiger partial charge is 0.279 e. The van der Waals surface area contributed by atoms with Crippen LogP contribution < -0.4 is 5.56 Å². The molecule has 6 heterocycles. The topological polar surface area (TPSA) is 134 Å². The van der Waals surface area contributed by atoms with Crippen molar-refractivity contribution in [1.82, 2.24) is 34.3 Å². The maximum atomic E-state index is 14.1. The first-order valence-electron chi connectivity index (χ1n) is 15.4. The largest absolute Gasteiger partial charge is 0.388 e. The number of amides is 2. The zero-order valence-corrected chi connectivity index (χ0v) is 25.9. The average molecular weight is 636 g/mol. The molecule has 0 unspecified atom stereocenters. The van der Waals surface area contributed by atoms with Crippen molar-refractivity contribution < 1.29 is 14.7 Å². The number of carbonyl (C=O) groups excluding carboxylic acids is 2. The molecule has 2 saturated heterocycles. The van der Waals surface area contributed by atoms with Crippen LogP contribution in [0.25, 0.3) is 21.6 Å². The number of aliphatic hydroxyl groups is 1. The van der Waals surface area contributed by atoms with E-state index in [-0.39, 0.29) is 41.3 Å². The van der Waals surface area contributed by atoms with Gasteiger partial charge in [0.2, 0.25) is 5.91 Å². The highest BCUT2D eigenvalue weighted by Gasteiger charge is 2.42. The predicted octanol–water partition coefficient (Wildman–Crippen LogP) is 3.61. The lowest BCUT2D eigenvalue weighted by atomic mass is 9.79. The Balaban J connectivity index is 1.04. The van der Waals surface area contributed by atoms with Crippen LogP contribution in [0.5, 0.6) is 0 Å². The highest BCUT2D eigenvalue weighted by Crippen LogP contribution is 2.36. The number of aromatic nitrogens is 5. The van der Waals surface area contributed by atoms with Crippen LogP contribution in [-0.4, -0.2) is 83.0 Å². The Labute approximate surface area is 269 Å². The number of thiazole rings is 1. The summed E-state index contributed by atoms with van der Waals surface area (Å²) in [5, 5.41) is 12.2. The Hall–Kier alpha value is -4.81. The van der Waals surface area contributed by atoms with Crippen molar-refractivity contribution in [3.05, 3.63) is 107 Å². The molecule has 2 aliphatic heterocycles. The van der Waals surface area contributed by atoms with Gasteiger partial charge in [0.15, 0.2) is 5.52 Å². The molecule has 4 aromatic heterocycles. The van der Waals surface area contributed by atoms with Gasteiger partial charge in [-0.15, -0.1) is 11.3 Å². The van der Waals surface area contributed by atoms with Crippen LogP contribution in [0.4, 0.5) is 0 Å². The molecular formula is C34H33N7O4S.